The molecule has 0 saturated carbocycles. The highest BCUT2D eigenvalue weighted by Gasteiger charge is 2.21. The van der Waals surface area contributed by atoms with Gasteiger partial charge in [0.15, 0.2) is 18.9 Å². The van der Waals surface area contributed by atoms with Crippen LogP contribution in [0, 0.1) is 11.6 Å². The molecule has 0 bridgehead atoms. The lowest BCUT2D eigenvalue weighted by atomic mass is 10.0. The van der Waals surface area contributed by atoms with Crippen molar-refractivity contribution in [2.45, 2.75) is 6.92 Å². The van der Waals surface area contributed by atoms with Crippen LogP contribution in [0.5, 0.6) is 0 Å². The lowest BCUT2D eigenvalue weighted by molar-refractivity contribution is -0.881. The largest absolute Gasteiger partial charge is 0.320 e. The fourth-order valence-electron chi connectivity index (χ4n) is 3.30. The number of nitrogens with one attached hydrogen (secondary N) is 3. The first-order valence-electron chi connectivity index (χ1n) is 10.4. The molecule has 6 nitrogen and oxygen atoms in total. The van der Waals surface area contributed by atoms with Crippen LogP contribution in [0.3, 0.4) is 0 Å². The van der Waals surface area contributed by atoms with Crippen LogP contribution in [0.4, 0.5) is 20.2 Å². The summed E-state index contributed by atoms with van der Waals surface area (Å²) in [6, 6.07) is 18.7. The summed E-state index contributed by atoms with van der Waals surface area (Å²) in [5.74, 6) is -3.00. The third-order valence-corrected chi connectivity index (χ3v) is 5.03. The summed E-state index contributed by atoms with van der Waals surface area (Å²) in [5.41, 5.74) is 0.695. The van der Waals surface area contributed by atoms with Crippen LogP contribution >= 0.6 is 0 Å². The van der Waals surface area contributed by atoms with E-state index < -0.39 is 29.1 Å². The second-order valence-corrected chi connectivity index (χ2v) is 7.39. The monoisotopic (exact) mass is 452 g/mol. The molecule has 0 aliphatic rings. The van der Waals surface area contributed by atoms with Gasteiger partial charge in [-0.1, -0.05) is 48.5 Å². The Balaban J connectivity index is 1.64. The number of benzene rings is 3. The normalized spacial score (nSPS) is 11.5. The number of amides is 2. The molecule has 0 aliphatic carbocycles. The average molecular weight is 452 g/mol. The van der Waals surface area contributed by atoms with Crippen molar-refractivity contribution in [3.63, 3.8) is 0 Å². The fraction of sp³-hybridized carbons (Fsp3) is 0.160. The molecule has 0 radical (unpaired) electrons. The lowest BCUT2D eigenvalue weighted by Gasteiger charge is -2.18. The number of quaternary nitrogens is 1. The van der Waals surface area contributed by atoms with E-state index in [0.29, 0.717) is 28.3 Å². The van der Waals surface area contributed by atoms with Crippen molar-refractivity contribution in [3.8, 4) is 0 Å². The summed E-state index contributed by atoms with van der Waals surface area (Å²) in [6.45, 7) is 1.97. The molecule has 0 heterocycles. The molecule has 8 heteroatoms. The third kappa shape index (κ3) is 6.30. The Morgan fingerprint density at radius 2 is 1.33 bits per heavy atom. The van der Waals surface area contributed by atoms with Gasteiger partial charge in [-0.3, -0.25) is 14.4 Å². The van der Waals surface area contributed by atoms with E-state index >= 15 is 0 Å². The SMILES string of the molecule is CC[NH+](CC(=O)Nc1ccccc1C(=O)c1ccccc1)CC(=O)Nc1c(F)cccc1F. The summed E-state index contributed by atoms with van der Waals surface area (Å²) in [4.78, 5) is 38.3. The Morgan fingerprint density at radius 1 is 0.758 bits per heavy atom. The maximum atomic E-state index is 13.8. The summed E-state index contributed by atoms with van der Waals surface area (Å²) in [6.07, 6.45) is 0. The first-order chi connectivity index (χ1) is 15.9. The molecule has 170 valence electrons. The van der Waals surface area contributed by atoms with Gasteiger partial charge < -0.3 is 15.5 Å². The molecular formula is C25H24F2N3O3+. The number of rotatable bonds is 9. The van der Waals surface area contributed by atoms with Crippen molar-refractivity contribution in [2.24, 2.45) is 0 Å². The maximum Gasteiger partial charge on any atom is 0.279 e. The number of likely N-dealkylation sites (N-methyl/N-ethyl adjacent to an activating group) is 1. The van der Waals surface area contributed by atoms with Crippen molar-refractivity contribution in [2.75, 3.05) is 30.3 Å². The highest BCUT2D eigenvalue weighted by atomic mass is 19.1. The second kappa shape index (κ2) is 11.1. The highest BCUT2D eigenvalue weighted by molar-refractivity contribution is 6.13. The Bertz CT molecular complexity index is 1130. The van der Waals surface area contributed by atoms with Crippen LogP contribution in [-0.2, 0) is 9.59 Å². The number of anilines is 2. The molecule has 0 spiro atoms. The molecule has 0 saturated heterocycles. The van der Waals surface area contributed by atoms with Crippen LogP contribution < -0.4 is 15.5 Å². The van der Waals surface area contributed by atoms with Gasteiger partial charge in [-0.25, -0.2) is 8.78 Å². The van der Waals surface area contributed by atoms with Gasteiger partial charge in [0.1, 0.15) is 17.3 Å². The number of ketones is 1. The minimum atomic E-state index is -0.876. The van der Waals surface area contributed by atoms with E-state index in [4.69, 9.17) is 0 Å². The van der Waals surface area contributed by atoms with E-state index in [9.17, 15) is 23.2 Å². The minimum Gasteiger partial charge on any atom is -0.320 e. The molecule has 3 aromatic carbocycles. The first-order valence-corrected chi connectivity index (χ1v) is 10.4. The molecule has 2 amide bonds. The summed E-state index contributed by atoms with van der Waals surface area (Å²) in [7, 11) is 0. The number of hydrogen-bond acceptors (Lipinski definition) is 3. The van der Waals surface area contributed by atoms with Gasteiger partial charge in [0.05, 0.1) is 12.2 Å². The van der Waals surface area contributed by atoms with Crippen molar-refractivity contribution < 1.29 is 28.1 Å². The van der Waals surface area contributed by atoms with Gasteiger partial charge in [-0.05, 0) is 31.2 Å². The molecule has 1 unspecified atom stereocenters. The highest BCUT2D eigenvalue weighted by Crippen LogP contribution is 2.19. The molecule has 3 rings (SSSR count). The number of hydrogen-bond donors (Lipinski definition) is 3. The fourth-order valence-corrected chi connectivity index (χ4v) is 3.30. The predicted octanol–water partition coefficient (Wildman–Crippen LogP) is 2.68. The third-order valence-electron chi connectivity index (χ3n) is 5.03. The summed E-state index contributed by atoms with van der Waals surface area (Å²) < 4.78 is 27.5. The van der Waals surface area contributed by atoms with E-state index in [0.717, 1.165) is 12.1 Å². The van der Waals surface area contributed by atoms with E-state index in [-0.39, 0.29) is 18.9 Å². The Morgan fingerprint density at radius 3 is 1.97 bits per heavy atom. The zero-order valence-corrected chi connectivity index (χ0v) is 18.0. The van der Waals surface area contributed by atoms with Gasteiger partial charge in [0.25, 0.3) is 11.8 Å². The standard InChI is InChI=1S/C25H23F2N3O3/c1-2-30(16-23(32)29-24-19(26)12-8-13-20(24)27)15-22(31)28-21-14-7-6-11-18(21)25(33)17-9-4-3-5-10-17/h3-14H,2,15-16H2,1H3,(H,28,31)(H,29,32)/p+1. The Labute approximate surface area is 190 Å². The zero-order valence-electron chi connectivity index (χ0n) is 18.0. The van der Waals surface area contributed by atoms with E-state index in [1.165, 1.54) is 6.07 Å². The van der Waals surface area contributed by atoms with Gasteiger partial charge >= 0.3 is 0 Å². The predicted molar refractivity (Wildman–Crippen MR) is 121 cm³/mol. The van der Waals surface area contributed by atoms with E-state index in [1.807, 2.05) is 6.07 Å². The smallest absolute Gasteiger partial charge is 0.279 e. The number of halogens is 2. The van der Waals surface area contributed by atoms with E-state index in [2.05, 4.69) is 10.6 Å². The average Bonchev–Trinajstić information content (AvgIpc) is 2.81. The lowest BCUT2D eigenvalue weighted by Crippen LogP contribution is -3.13. The molecule has 0 aromatic heterocycles. The minimum absolute atomic E-state index is 0.0719. The molecule has 3 N–H and O–H groups in total. The van der Waals surface area contributed by atoms with Crippen LogP contribution in [0.1, 0.15) is 22.8 Å². The molecule has 0 fully saturated rings. The Hall–Kier alpha value is -3.91. The molecule has 0 aliphatic heterocycles. The van der Waals surface area contributed by atoms with Gasteiger partial charge in [-0.2, -0.15) is 0 Å². The number of carbonyl (C=O) groups excluding carboxylic acids is 3. The topological polar surface area (TPSA) is 79.7 Å². The molecule has 1 atom stereocenters. The number of carbonyl (C=O) groups is 3. The summed E-state index contributed by atoms with van der Waals surface area (Å²) in [5, 5.41) is 4.96. The zero-order chi connectivity index (χ0) is 23.8. The maximum absolute atomic E-state index is 13.8. The summed E-state index contributed by atoms with van der Waals surface area (Å²) >= 11 is 0. The van der Waals surface area contributed by atoms with Gasteiger partial charge in [0.2, 0.25) is 0 Å². The van der Waals surface area contributed by atoms with Crippen LogP contribution in [-0.4, -0.2) is 37.2 Å². The Kier molecular flexibility index (Phi) is 7.99. The van der Waals surface area contributed by atoms with Crippen LogP contribution in [0.2, 0.25) is 0 Å². The number of para-hydroxylation sites is 2. The quantitative estimate of drug-likeness (QED) is 0.437. The van der Waals surface area contributed by atoms with Crippen molar-refractivity contribution >= 4 is 29.0 Å². The van der Waals surface area contributed by atoms with Crippen molar-refractivity contribution in [1.82, 2.24) is 0 Å². The molecule has 3 aromatic rings. The van der Waals surface area contributed by atoms with Gasteiger partial charge in [-0.15, -0.1) is 0 Å². The molecule has 33 heavy (non-hydrogen) atoms. The van der Waals surface area contributed by atoms with Gasteiger partial charge in [0, 0.05) is 11.1 Å². The molecular weight excluding hydrogens is 428 g/mol. The first kappa shape index (κ1) is 23.7. The van der Waals surface area contributed by atoms with Crippen LogP contribution in [0.15, 0.2) is 72.8 Å². The van der Waals surface area contributed by atoms with Crippen LogP contribution in [0.25, 0.3) is 0 Å². The van der Waals surface area contributed by atoms with Crippen molar-refractivity contribution in [1.29, 1.82) is 0 Å². The van der Waals surface area contributed by atoms with E-state index in [1.54, 1.807) is 55.5 Å². The second-order valence-electron chi connectivity index (χ2n) is 7.39. The van der Waals surface area contributed by atoms with Crippen molar-refractivity contribution in [3.05, 3.63) is 95.6 Å².